The maximum atomic E-state index is 13.2. The number of amides is 1. The molecule has 0 N–H and O–H groups in total. The van der Waals surface area contributed by atoms with Gasteiger partial charge in [0.1, 0.15) is 0 Å². The fourth-order valence-electron chi connectivity index (χ4n) is 3.28. The average molecular weight is 396 g/mol. The second kappa shape index (κ2) is 8.41. The van der Waals surface area contributed by atoms with Gasteiger partial charge in [0, 0.05) is 13.1 Å². The zero-order valence-corrected chi connectivity index (χ0v) is 18.5. The Balaban J connectivity index is 1.92. The zero-order valence-electron chi connectivity index (χ0n) is 17.7. The predicted molar refractivity (Wildman–Crippen MR) is 120 cm³/mol. The smallest absolute Gasteiger partial charge is 0.233 e. The molecule has 148 valence electrons. The highest BCUT2D eigenvalue weighted by Gasteiger charge is 2.21. The summed E-state index contributed by atoms with van der Waals surface area (Å²) in [6, 6.07) is 10.6. The molecule has 3 rings (SSSR count). The fourth-order valence-corrected chi connectivity index (χ4v) is 4.47. The van der Waals surface area contributed by atoms with E-state index in [1.54, 1.807) is 11.3 Å². The van der Waals surface area contributed by atoms with Gasteiger partial charge in [0.05, 0.1) is 16.6 Å². The summed E-state index contributed by atoms with van der Waals surface area (Å²) in [6.45, 7) is 9.79. The standard InChI is InChI=1S/C23H29N3OS/c1-15-11-18(4)22-20(12-15)28-23(24-22)26(10-9-25(5)6)21(27)14-19-8-7-16(2)17(3)13-19/h7-8,11-13H,9-10,14H2,1-6H3. The van der Waals surface area contributed by atoms with Crippen molar-refractivity contribution in [3.8, 4) is 0 Å². The lowest BCUT2D eigenvalue weighted by atomic mass is 10.0. The first-order valence-corrected chi connectivity index (χ1v) is 10.5. The summed E-state index contributed by atoms with van der Waals surface area (Å²) in [6.07, 6.45) is 0.391. The van der Waals surface area contributed by atoms with E-state index >= 15 is 0 Å². The summed E-state index contributed by atoms with van der Waals surface area (Å²) in [4.78, 5) is 22.0. The lowest BCUT2D eigenvalue weighted by Gasteiger charge is -2.22. The van der Waals surface area contributed by atoms with Crippen LogP contribution < -0.4 is 4.90 Å². The third-order valence-corrected chi connectivity index (χ3v) is 6.07. The number of benzene rings is 2. The molecular weight excluding hydrogens is 366 g/mol. The summed E-state index contributed by atoms with van der Waals surface area (Å²) in [5.41, 5.74) is 6.90. The summed E-state index contributed by atoms with van der Waals surface area (Å²) in [5.74, 6) is 0.0959. The van der Waals surface area contributed by atoms with Gasteiger partial charge in [0.15, 0.2) is 5.13 Å². The topological polar surface area (TPSA) is 36.4 Å². The van der Waals surface area contributed by atoms with Gasteiger partial charge in [-0.3, -0.25) is 9.69 Å². The molecule has 4 nitrogen and oxygen atoms in total. The normalized spacial score (nSPS) is 11.4. The van der Waals surface area contributed by atoms with Gasteiger partial charge in [0.2, 0.25) is 5.91 Å². The van der Waals surface area contributed by atoms with Crippen molar-refractivity contribution in [2.24, 2.45) is 0 Å². The Morgan fingerprint density at radius 3 is 2.39 bits per heavy atom. The molecule has 0 aliphatic carbocycles. The number of carbonyl (C=O) groups is 1. The molecule has 0 saturated carbocycles. The number of likely N-dealkylation sites (N-methyl/N-ethyl adjacent to an activating group) is 1. The minimum absolute atomic E-state index is 0.0959. The number of hydrogen-bond acceptors (Lipinski definition) is 4. The lowest BCUT2D eigenvalue weighted by molar-refractivity contribution is -0.118. The Morgan fingerprint density at radius 2 is 1.71 bits per heavy atom. The average Bonchev–Trinajstić information content (AvgIpc) is 3.02. The molecule has 0 spiro atoms. The Labute approximate surface area is 171 Å². The molecule has 28 heavy (non-hydrogen) atoms. The molecule has 0 fully saturated rings. The van der Waals surface area contributed by atoms with Crippen LogP contribution >= 0.6 is 11.3 Å². The van der Waals surface area contributed by atoms with E-state index in [0.29, 0.717) is 13.0 Å². The van der Waals surface area contributed by atoms with E-state index in [-0.39, 0.29) is 5.91 Å². The fraction of sp³-hybridized carbons (Fsp3) is 0.391. The molecule has 0 radical (unpaired) electrons. The predicted octanol–water partition coefficient (Wildman–Crippen LogP) is 4.67. The SMILES string of the molecule is Cc1cc(C)c2nc(N(CCN(C)C)C(=O)Cc3ccc(C)c(C)c3)sc2c1. The van der Waals surface area contributed by atoms with Gasteiger partial charge in [-0.15, -0.1) is 0 Å². The van der Waals surface area contributed by atoms with Crippen LogP contribution in [0.25, 0.3) is 10.2 Å². The molecule has 0 atom stereocenters. The molecule has 1 heterocycles. The summed E-state index contributed by atoms with van der Waals surface area (Å²) in [5, 5.41) is 0.791. The molecule has 0 aliphatic rings. The first-order valence-electron chi connectivity index (χ1n) is 9.63. The second-order valence-electron chi connectivity index (χ2n) is 7.87. The van der Waals surface area contributed by atoms with Crippen LogP contribution in [0.15, 0.2) is 30.3 Å². The Hall–Kier alpha value is -2.24. The molecule has 0 saturated heterocycles. The highest BCUT2D eigenvalue weighted by molar-refractivity contribution is 7.22. The first-order chi connectivity index (χ1) is 13.2. The van der Waals surface area contributed by atoms with Crippen molar-refractivity contribution < 1.29 is 4.79 Å². The van der Waals surface area contributed by atoms with Crippen molar-refractivity contribution >= 4 is 32.6 Å². The van der Waals surface area contributed by atoms with Crippen molar-refractivity contribution in [3.05, 3.63) is 58.1 Å². The number of anilines is 1. The largest absolute Gasteiger partial charge is 0.308 e. The quantitative estimate of drug-likeness (QED) is 0.609. The number of thiazole rings is 1. The second-order valence-corrected chi connectivity index (χ2v) is 8.88. The molecule has 3 aromatic rings. The number of rotatable bonds is 6. The van der Waals surface area contributed by atoms with Crippen molar-refractivity contribution in [1.29, 1.82) is 0 Å². The van der Waals surface area contributed by atoms with Gasteiger partial charge in [-0.05, 0) is 75.7 Å². The van der Waals surface area contributed by atoms with E-state index in [9.17, 15) is 4.79 Å². The molecule has 0 aliphatic heterocycles. The van der Waals surface area contributed by atoms with Crippen LogP contribution in [-0.4, -0.2) is 43.0 Å². The lowest BCUT2D eigenvalue weighted by Crippen LogP contribution is -2.37. The van der Waals surface area contributed by atoms with Gasteiger partial charge >= 0.3 is 0 Å². The van der Waals surface area contributed by atoms with Crippen LogP contribution in [0.3, 0.4) is 0 Å². The molecule has 0 unspecified atom stereocenters. The van der Waals surface area contributed by atoms with Crippen LogP contribution in [0.1, 0.15) is 27.8 Å². The van der Waals surface area contributed by atoms with Crippen LogP contribution in [0.2, 0.25) is 0 Å². The van der Waals surface area contributed by atoms with Crippen LogP contribution in [-0.2, 0) is 11.2 Å². The Kier molecular flexibility index (Phi) is 6.16. The molecule has 1 aromatic heterocycles. The van der Waals surface area contributed by atoms with E-state index in [1.807, 2.05) is 19.0 Å². The molecule has 1 amide bonds. The maximum Gasteiger partial charge on any atom is 0.233 e. The highest BCUT2D eigenvalue weighted by Crippen LogP contribution is 2.32. The van der Waals surface area contributed by atoms with Crippen molar-refractivity contribution in [3.63, 3.8) is 0 Å². The van der Waals surface area contributed by atoms with Crippen LogP contribution in [0, 0.1) is 27.7 Å². The van der Waals surface area contributed by atoms with Crippen molar-refractivity contribution in [1.82, 2.24) is 9.88 Å². The molecular formula is C23H29N3OS. The third-order valence-electron chi connectivity index (χ3n) is 5.05. The van der Waals surface area contributed by atoms with Crippen LogP contribution in [0.4, 0.5) is 5.13 Å². The minimum atomic E-state index is 0.0959. The number of carbonyl (C=O) groups excluding carboxylic acids is 1. The summed E-state index contributed by atoms with van der Waals surface area (Å²) in [7, 11) is 4.05. The highest BCUT2D eigenvalue weighted by atomic mass is 32.1. The van der Waals surface area contributed by atoms with E-state index in [1.165, 1.54) is 16.7 Å². The monoisotopic (exact) mass is 395 g/mol. The van der Waals surface area contributed by atoms with E-state index in [2.05, 4.69) is 62.9 Å². The van der Waals surface area contributed by atoms with Gasteiger partial charge in [-0.1, -0.05) is 35.6 Å². The van der Waals surface area contributed by atoms with E-state index in [4.69, 9.17) is 4.98 Å². The Morgan fingerprint density at radius 1 is 0.964 bits per heavy atom. The van der Waals surface area contributed by atoms with Crippen molar-refractivity contribution in [2.75, 3.05) is 32.1 Å². The van der Waals surface area contributed by atoms with E-state index in [0.717, 1.165) is 33.0 Å². The van der Waals surface area contributed by atoms with Gasteiger partial charge in [-0.2, -0.15) is 0 Å². The van der Waals surface area contributed by atoms with Crippen molar-refractivity contribution in [2.45, 2.75) is 34.1 Å². The maximum absolute atomic E-state index is 13.2. The zero-order chi connectivity index (χ0) is 20.4. The summed E-state index contributed by atoms with van der Waals surface area (Å²) >= 11 is 1.61. The van der Waals surface area contributed by atoms with Gasteiger partial charge in [-0.25, -0.2) is 4.98 Å². The molecule has 2 aromatic carbocycles. The number of fused-ring (bicyclic) bond motifs is 1. The Bertz CT molecular complexity index is 1010. The van der Waals surface area contributed by atoms with Gasteiger partial charge < -0.3 is 4.90 Å². The minimum Gasteiger partial charge on any atom is -0.308 e. The third kappa shape index (κ3) is 4.59. The van der Waals surface area contributed by atoms with Crippen LogP contribution in [0.5, 0.6) is 0 Å². The molecule has 5 heteroatoms. The number of aryl methyl sites for hydroxylation is 4. The van der Waals surface area contributed by atoms with Gasteiger partial charge in [0.25, 0.3) is 0 Å². The number of hydrogen-bond donors (Lipinski definition) is 0. The number of aromatic nitrogens is 1. The van der Waals surface area contributed by atoms with E-state index < -0.39 is 0 Å². The summed E-state index contributed by atoms with van der Waals surface area (Å²) < 4.78 is 1.14. The molecule has 0 bridgehead atoms. The number of nitrogens with zero attached hydrogens (tertiary/aromatic N) is 3. The first kappa shape index (κ1) is 20.5.